The Labute approximate surface area is 174 Å². The van der Waals surface area contributed by atoms with E-state index in [1.165, 1.54) is 31.4 Å². The molecule has 1 aromatic heterocycles. The number of rotatable bonds is 11. The quantitative estimate of drug-likeness (QED) is 0.431. The third-order valence-electron chi connectivity index (χ3n) is 4.67. The molecule has 1 unspecified atom stereocenters. The number of hydrogen-bond acceptors (Lipinski definition) is 4. The van der Waals surface area contributed by atoms with Gasteiger partial charge in [-0.3, -0.25) is 14.6 Å². The third-order valence-corrected chi connectivity index (χ3v) is 5.00. The predicted octanol–water partition coefficient (Wildman–Crippen LogP) is 3.47. The number of nitrogens with zero attached hydrogens (tertiary/aromatic N) is 2. The number of benzene rings is 1. The van der Waals surface area contributed by atoms with E-state index in [4.69, 9.17) is 11.6 Å². The molecule has 1 amide bonds. The van der Waals surface area contributed by atoms with Crippen molar-refractivity contribution in [2.45, 2.75) is 45.4 Å². The summed E-state index contributed by atoms with van der Waals surface area (Å²) in [7, 11) is 0. The fourth-order valence-electron chi connectivity index (χ4n) is 3.09. The lowest BCUT2D eigenvalue weighted by Gasteiger charge is -2.16. The van der Waals surface area contributed by atoms with Crippen LogP contribution in [-0.2, 0) is 0 Å². The Balaban J connectivity index is 2.10. The van der Waals surface area contributed by atoms with Crippen molar-refractivity contribution in [2.24, 2.45) is 5.92 Å². The van der Waals surface area contributed by atoms with Crippen LogP contribution in [0.15, 0.2) is 46.6 Å². The Morgan fingerprint density at radius 3 is 2.83 bits per heavy atom. The monoisotopic (exact) mass is 418 g/mol. The molecule has 1 aromatic carbocycles. The number of carbonyl (C=O) groups is 1. The second-order valence-electron chi connectivity index (χ2n) is 6.96. The molecule has 7 nitrogen and oxygen atoms in total. The Morgan fingerprint density at radius 1 is 1.34 bits per heavy atom. The summed E-state index contributed by atoms with van der Waals surface area (Å²) < 4.78 is 1.00. The van der Waals surface area contributed by atoms with Gasteiger partial charge >= 0.3 is 5.69 Å². The van der Waals surface area contributed by atoms with E-state index in [0.717, 1.165) is 30.1 Å². The van der Waals surface area contributed by atoms with Crippen molar-refractivity contribution in [3.8, 4) is 5.69 Å². The molecule has 0 aliphatic heterocycles. The number of nitrogens with one attached hydrogen (secondary N) is 2. The third kappa shape index (κ3) is 6.71. The summed E-state index contributed by atoms with van der Waals surface area (Å²) in [6.07, 6.45) is 9.44. The van der Waals surface area contributed by atoms with Crippen LogP contribution in [-0.4, -0.2) is 27.2 Å². The van der Waals surface area contributed by atoms with Gasteiger partial charge in [-0.15, -0.1) is 6.58 Å². The van der Waals surface area contributed by atoms with Gasteiger partial charge in [0, 0.05) is 6.54 Å². The normalized spacial score (nSPS) is 11.8. The Bertz CT molecular complexity index is 951. The molecule has 0 fully saturated rings. The standard InChI is InChI=1S/C21H27ClN4O3/c1-3-5-6-7-9-15(8-4-2)13-23-20(28)17-12-16(10-11-18(17)22)26-21(29)25-19(27)14-24-26/h4,10-12,14-15H,2-3,5-9,13H2,1H3,(H,23,28)(H,25,27,29). The van der Waals surface area contributed by atoms with Gasteiger partial charge in [0.05, 0.1) is 16.3 Å². The summed E-state index contributed by atoms with van der Waals surface area (Å²) in [5.74, 6) is -0.00399. The van der Waals surface area contributed by atoms with Crippen LogP contribution in [0.3, 0.4) is 0 Å². The molecule has 29 heavy (non-hydrogen) atoms. The Kier molecular flexibility index (Phi) is 8.86. The minimum Gasteiger partial charge on any atom is -0.352 e. The molecule has 2 rings (SSSR count). The van der Waals surface area contributed by atoms with Gasteiger partial charge in [-0.1, -0.05) is 50.3 Å². The highest BCUT2D eigenvalue weighted by molar-refractivity contribution is 6.33. The van der Waals surface area contributed by atoms with Crippen molar-refractivity contribution in [2.75, 3.05) is 6.54 Å². The zero-order chi connectivity index (χ0) is 21.2. The molecular weight excluding hydrogens is 392 g/mol. The summed E-state index contributed by atoms with van der Waals surface area (Å²) in [4.78, 5) is 38.0. The van der Waals surface area contributed by atoms with Gasteiger partial charge < -0.3 is 5.32 Å². The van der Waals surface area contributed by atoms with Crippen molar-refractivity contribution >= 4 is 17.5 Å². The minimum absolute atomic E-state index is 0.243. The van der Waals surface area contributed by atoms with Crippen molar-refractivity contribution in [1.29, 1.82) is 0 Å². The summed E-state index contributed by atoms with van der Waals surface area (Å²) in [5.41, 5.74) is -0.704. The van der Waals surface area contributed by atoms with Crippen LogP contribution in [0.2, 0.25) is 5.02 Å². The topological polar surface area (TPSA) is 96.8 Å². The van der Waals surface area contributed by atoms with Crippen molar-refractivity contribution in [3.63, 3.8) is 0 Å². The predicted molar refractivity (Wildman–Crippen MR) is 115 cm³/mol. The fraction of sp³-hybridized carbons (Fsp3) is 0.429. The summed E-state index contributed by atoms with van der Waals surface area (Å²) >= 11 is 6.20. The number of amides is 1. The lowest BCUT2D eigenvalue weighted by molar-refractivity contribution is 0.0946. The number of hydrogen-bond donors (Lipinski definition) is 2. The van der Waals surface area contributed by atoms with E-state index >= 15 is 0 Å². The first-order valence-electron chi connectivity index (χ1n) is 9.84. The molecule has 2 aromatic rings. The van der Waals surface area contributed by atoms with Gasteiger partial charge in [0.25, 0.3) is 11.5 Å². The average molecular weight is 419 g/mol. The smallest absolute Gasteiger partial charge is 0.349 e. The highest BCUT2D eigenvalue weighted by atomic mass is 35.5. The maximum absolute atomic E-state index is 12.7. The lowest BCUT2D eigenvalue weighted by atomic mass is 9.97. The van der Waals surface area contributed by atoms with Crippen molar-refractivity contribution in [1.82, 2.24) is 20.1 Å². The van der Waals surface area contributed by atoms with E-state index in [-0.39, 0.29) is 16.5 Å². The first-order chi connectivity index (χ1) is 14.0. The minimum atomic E-state index is -0.690. The van der Waals surface area contributed by atoms with Crippen molar-refractivity contribution < 1.29 is 4.79 Å². The van der Waals surface area contributed by atoms with Gasteiger partial charge in [-0.25, -0.2) is 4.79 Å². The van der Waals surface area contributed by atoms with E-state index in [2.05, 4.69) is 28.9 Å². The molecule has 1 atom stereocenters. The average Bonchev–Trinajstić information content (AvgIpc) is 2.69. The molecule has 1 heterocycles. The second-order valence-corrected chi connectivity index (χ2v) is 7.37. The molecule has 8 heteroatoms. The Morgan fingerprint density at radius 2 is 2.14 bits per heavy atom. The Hall–Kier alpha value is -2.67. The number of aromatic nitrogens is 3. The van der Waals surface area contributed by atoms with E-state index < -0.39 is 11.2 Å². The largest absolute Gasteiger partial charge is 0.352 e. The summed E-state index contributed by atoms with van der Waals surface area (Å²) in [6.45, 7) is 6.50. The van der Waals surface area contributed by atoms with E-state index in [1.807, 2.05) is 6.08 Å². The summed E-state index contributed by atoms with van der Waals surface area (Å²) in [6, 6.07) is 4.56. The second kappa shape index (κ2) is 11.4. The number of carbonyl (C=O) groups excluding carboxylic acids is 1. The van der Waals surface area contributed by atoms with E-state index in [9.17, 15) is 14.4 Å². The number of halogens is 1. The van der Waals surface area contributed by atoms with Crippen LogP contribution in [0, 0.1) is 5.92 Å². The molecule has 0 aliphatic rings. The molecule has 0 radical (unpaired) electrons. The van der Waals surface area contributed by atoms with E-state index in [1.54, 1.807) is 6.07 Å². The van der Waals surface area contributed by atoms with Gasteiger partial charge in [-0.2, -0.15) is 9.78 Å². The molecule has 0 aliphatic carbocycles. The lowest BCUT2D eigenvalue weighted by Crippen LogP contribution is -2.31. The van der Waals surface area contributed by atoms with Crippen LogP contribution in [0.4, 0.5) is 0 Å². The molecule has 0 spiro atoms. The zero-order valence-corrected chi connectivity index (χ0v) is 17.4. The number of unbranched alkanes of at least 4 members (excludes halogenated alkanes) is 3. The van der Waals surface area contributed by atoms with Crippen LogP contribution in [0.1, 0.15) is 55.8 Å². The number of aromatic amines is 1. The SMILES string of the molecule is C=CCC(CCCCCC)CNC(=O)c1cc(-n2ncc(=O)[nH]c2=O)ccc1Cl. The van der Waals surface area contributed by atoms with Gasteiger partial charge in [0.2, 0.25) is 0 Å². The molecule has 0 saturated heterocycles. The molecule has 156 valence electrons. The fourth-order valence-corrected chi connectivity index (χ4v) is 3.29. The molecule has 0 bridgehead atoms. The van der Waals surface area contributed by atoms with Gasteiger partial charge in [0.15, 0.2) is 0 Å². The van der Waals surface area contributed by atoms with Crippen LogP contribution >= 0.6 is 11.6 Å². The van der Waals surface area contributed by atoms with E-state index in [0.29, 0.717) is 18.2 Å². The maximum Gasteiger partial charge on any atom is 0.349 e. The number of H-pyrrole nitrogens is 1. The van der Waals surface area contributed by atoms with Crippen molar-refractivity contribution in [3.05, 3.63) is 68.5 Å². The maximum atomic E-state index is 12.7. The van der Waals surface area contributed by atoms with Gasteiger partial charge in [-0.05, 0) is 37.0 Å². The summed E-state index contributed by atoms with van der Waals surface area (Å²) in [5, 5.41) is 7.00. The van der Waals surface area contributed by atoms with Crippen LogP contribution < -0.4 is 16.6 Å². The van der Waals surface area contributed by atoms with Gasteiger partial charge in [0.1, 0.15) is 6.20 Å². The highest BCUT2D eigenvalue weighted by Crippen LogP contribution is 2.20. The highest BCUT2D eigenvalue weighted by Gasteiger charge is 2.15. The van der Waals surface area contributed by atoms with Crippen LogP contribution in [0.25, 0.3) is 5.69 Å². The zero-order valence-electron chi connectivity index (χ0n) is 16.6. The first kappa shape index (κ1) is 22.6. The number of allylic oxidation sites excluding steroid dienone is 1. The molecule has 0 saturated carbocycles. The van der Waals surface area contributed by atoms with Crippen LogP contribution in [0.5, 0.6) is 0 Å². The molecule has 2 N–H and O–H groups in total. The molecular formula is C21H27ClN4O3. The first-order valence-corrected chi connectivity index (χ1v) is 10.2.